The molecule has 1 aromatic carbocycles. The maximum atomic E-state index is 12.7. The van der Waals surface area contributed by atoms with Gasteiger partial charge in [0.05, 0.1) is 23.9 Å². The van der Waals surface area contributed by atoms with Gasteiger partial charge in [-0.1, -0.05) is 29.8 Å². The van der Waals surface area contributed by atoms with Crippen molar-refractivity contribution in [1.29, 1.82) is 0 Å². The van der Waals surface area contributed by atoms with Crippen molar-refractivity contribution in [3.05, 3.63) is 40.4 Å². The molecule has 0 aliphatic carbocycles. The van der Waals surface area contributed by atoms with Gasteiger partial charge in [-0.15, -0.1) is 11.3 Å². The molecule has 1 amide bonds. The molecule has 4 nitrogen and oxygen atoms in total. The number of likely N-dealkylation sites (tertiary alicyclic amines) is 1. The predicted molar refractivity (Wildman–Crippen MR) is 88.5 cm³/mol. The molecule has 1 atom stereocenters. The van der Waals surface area contributed by atoms with Crippen LogP contribution in [0.3, 0.4) is 0 Å². The van der Waals surface area contributed by atoms with Gasteiger partial charge in [-0.05, 0) is 18.9 Å². The Labute approximate surface area is 138 Å². The lowest BCUT2D eigenvalue weighted by atomic mass is 10.2. The van der Waals surface area contributed by atoms with Gasteiger partial charge in [0.15, 0.2) is 0 Å². The van der Waals surface area contributed by atoms with E-state index in [0.29, 0.717) is 16.5 Å². The first-order chi connectivity index (χ1) is 10.7. The molecule has 1 saturated heterocycles. The van der Waals surface area contributed by atoms with Gasteiger partial charge in [0.1, 0.15) is 9.88 Å². The topological polar surface area (TPSA) is 42.4 Å². The number of nitrogens with zero attached hydrogens (tertiary/aromatic N) is 2. The fourth-order valence-corrected chi connectivity index (χ4v) is 3.94. The Morgan fingerprint density at radius 3 is 3.09 bits per heavy atom. The third-order valence-electron chi connectivity index (χ3n) is 3.82. The molecule has 0 bridgehead atoms. The Bertz CT molecular complexity index is 674. The van der Waals surface area contributed by atoms with Crippen LogP contribution in [-0.2, 0) is 4.74 Å². The van der Waals surface area contributed by atoms with Crippen LogP contribution < -0.4 is 0 Å². The maximum Gasteiger partial charge on any atom is 0.265 e. The van der Waals surface area contributed by atoms with Crippen molar-refractivity contribution in [1.82, 2.24) is 9.88 Å². The normalized spacial score (nSPS) is 17.9. The molecular weight excluding hydrogens is 320 g/mol. The number of benzene rings is 1. The number of carbonyl (C=O) groups excluding carboxylic acids is 1. The third-order valence-corrected chi connectivity index (χ3v) is 5.17. The number of thiazole rings is 1. The molecule has 0 saturated carbocycles. The first-order valence-electron chi connectivity index (χ1n) is 7.21. The van der Waals surface area contributed by atoms with Gasteiger partial charge in [0, 0.05) is 19.2 Å². The molecule has 0 unspecified atom stereocenters. The average Bonchev–Trinajstić information content (AvgIpc) is 3.17. The summed E-state index contributed by atoms with van der Waals surface area (Å²) in [6, 6.07) is 7.71. The lowest BCUT2D eigenvalue weighted by Crippen LogP contribution is -2.37. The van der Waals surface area contributed by atoms with Crippen molar-refractivity contribution in [2.75, 3.05) is 20.3 Å². The number of rotatable bonds is 4. The fraction of sp³-hybridized carbons (Fsp3) is 0.375. The fourth-order valence-electron chi connectivity index (χ4n) is 2.74. The Hall–Kier alpha value is -1.43. The zero-order valence-corrected chi connectivity index (χ0v) is 13.9. The van der Waals surface area contributed by atoms with Gasteiger partial charge in [-0.3, -0.25) is 4.79 Å². The van der Waals surface area contributed by atoms with E-state index in [4.69, 9.17) is 16.3 Å². The van der Waals surface area contributed by atoms with Gasteiger partial charge >= 0.3 is 0 Å². The summed E-state index contributed by atoms with van der Waals surface area (Å²) >= 11 is 7.58. The van der Waals surface area contributed by atoms with Crippen LogP contribution in [0.15, 0.2) is 30.5 Å². The second kappa shape index (κ2) is 6.77. The monoisotopic (exact) mass is 336 g/mol. The highest BCUT2D eigenvalue weighted by molar-refractivity contribution is 7.17. The van der Waals surface area contributed by atoms with Crippen LogP contribution in [0.2, 0.25) is 5.02 Å². The summed E-state index contributed by atoms with van der Waals surface area (Å²) in [7, 11) is 1.67. The number of methoxy groups -OCH3 is 1. The molecule has 1 aliphatic heterocycles. The SMILES string of the molecule is COC[C@H]1CCCN1C(=O)c1cnc(-c2ccccc2Cl)s1. The largest absolute Gasteiger partial charge is 0.383 e. The van der Waals surface area contributed by atoms with Gasteiger partial charge in [0.25, 0.3) is 5.91 Å². The van der Waals surface area contributed by atoms with Crippen LogP contribution >= 0.6 is 22.9 Å². The molecule has 0 N–H and O–H groups in total. The number of amides is 1. The minimum absolute atomic E-state index is 0.0374. The first kappa shape index (κ1) is 15.5. The molecular formula is C16H17ClN2O2S. The van der Waals surface area contributed by atoms with Gasteiger partial charge < -0.3 is 9.64 Å². The van der Waals surface area contributed by atoms with Crippen molar-refractivity contribution in [3.8, 4) is 10.6 Å². The van der Waals surface area contributed by atoms with Crippen molar-refractivity contribution >= 4 is 28.8 Å². The molecule has 22 heavy (non-hydrogen) atoms. The van der Waals surface area contributed by atoms with E-state index in [1.807, 2.05) is 29.2 Å². The Kier molecular flexibility index (Phi) is 4.76. The van der Waals surface area contributed by atoms with Crippen LogP contribution in [0.5, 0.6) is 0 Å². The molecule has 1 aromatic heterocycles. The van der Waals surface area contributed by atoms with Gasteiger partial charge in [0.2, 0.25) is 0 Å². The summed E-state index contributed by atoms with van der Waals surface area (Å²) in [5.41, 5.74) is 0.864. The number of halogens is 1. The lowest BCUT2D eigenvalue weighted by molar-refractivity contribution is 0.0635. The highest BCUT2D eigenvalue weighted by Gasteiger charge is 2.30. The third kappa shape index (κ3) is 3.02. The highest BCUT2D eigenvalue weighted by Crippen LogP contribution is 2.32. The number of aromatic nitrogens is 1. The van der Waals surface area contributed by atoms with Crippen LogP contribution in [0.25, 0.3) is 10.6 Å². The van der Waals surface area contributed by atoms with Crippen LogP contribution in [0, 0.1) is 0 Å². The zero-order valence-electron chi connectivity index (χ0n) is 12.3. The smallest absolute Gasteiger partial charge is 0.265 e. The summed E-state index contributed by atoms with van der Waals surface area (Å²) in [5.74, 6) is 0.0374. The quantitative estimate of drug-likeness (QED) is 0.854. The van der Waals surface area contributed by atoms with Crippen molar-refractivity contribution in [2.24, 2.45) is 0 Å². The summed E-state index contributed by atoms with van der Waals surface area (Å²) in [5, 5.41) is 1.42. The maximum absolute atomic E-state index is 12.7. The number of hydrogen-bond acceptors (Lipinski definition) is 4. The minimum Gasteiger partial charge on any atom is -0.383 e. The van der Waals surface area contributed by atoms with Crippen molar-refractivity contribution < 1.29 is 9.53 Å². The van der Waals surface area contributed by atoms with E-state index >= 15 is 0 Å². The van der Waals surface area contributed by atoms with Crippen molar-refractivity contribution in [2.45, 2.75) is 18.9 Å². The number of hydrogen-bond donors (Lipinski definition) is 0. The van der Waals surface area contributed by atoms with E-state index in [1.165, 1.54) is 11.3 Å². The zero-order chi connectivity index (χ0) is 15.5. The van der Waals surface area contributed by atoms with E-state index in [0.717, 1.165) is 30.0 Å². The van der Waals surface area contributed by atoms with Crippen LogP contribution in [0.1, 0.15) is 22.5 Å². The lowest BCUT2D eigenvalue weighted by Gasteiger charge is -2.23. The average molecular weight is 337 g/mol. The van der Waals surface area contributed by atoms with Crippen LogP contribution in [-0.4, -0.2) is 42.1 Å². The van der Waals surface area contributed by atoms with Crippen LogP contribution in [0.4, 0.5) is 0 Å². The molecule has 116 valence electrons. The van der Waals surface area contributed by atoms with Crippen molar-refractivity contribution in [3.63, 3.8) is 0 Å². The number of ether oxygens (including phenoxy) is 1. The Morgan fingerprint density at radius 1 is 1.50 bits per heavy atom. The summed E-state index contributed by atoms with van der Waals surface area (Å²) in [6.45, 7) is 1.37. The van der Waals surface area contributed by atoms with Gasteiger partial charge in [-0.25, -0.2) is 4.98 Å². The molecule has 0 radical (unpaired) electrons. The Balaban J connectivity index is 1.82. The van der Waals surface area contributed by atoms with Gasteiger partial charge in [-0.2, -0.15) is 0 Å². The predicted octanol–water partition coefficient (Wildman–Crippen LogP) is 3.71. The van der Waals surface area contributed by atoms with E-state index in [-0.39, 0.29) is 11.9 Å². The first-order valence-corrected chi connectivity index (χ1v) is 8.41. The van der Waals surface area contributed by atoms with E-state index in [2.05, 4.69) is 4.98 Å². The van der Waals surface area contributed by atoms with E-state index in [9.17, 15) is 4.79 Å². The standard InChI is InChI=1S/C16H17ClN2O2S/c1-21-10-11-5-4-8-19(11)16(20)14-9-18-15(22-14)12-6-2-3-7-13(12)17/h2-3,6-7,9,11H,4-5,8,10H2,1H3/t11-/m1/s1. The summed E-state index contributed by atoms with van der Waals surface area (Å²) < 4.78 is 5.21. The molecule has 6 heteroatoms. The second-order valence-electron chi connectivity index (χ2n) is 5.26. The Morgan fingerprint density at radius 2 is 2.32 bits per heavy atom. The molecule has 1 fully saturated rings. The molecule has 0 spiro atoms. The summed E-state index contributed by atoms with van der Waals surface area (Å²) in [4.78, 5) is 19.6. The second-order valence-corrected chi connectivity index (χ2v) is 6.70. The number of carbonyl (C=O) groups is 1. The highest BCUT2D eigenvalue weighted by atomic mass is 35.5. The molecule has 2 heterocycles. The molecule has 1 aliphatic rings. The summed E-state index contributed by atoms with van der Waals surface area (Å²) in [6.07, 6.45) is 3.67. The minimum atomic E-state index is 0.0374. The van der Waals surface area contributed by atoms with E-state index < -0.39 is 0 Å². The van der Waals surface area contributed by atoms with E-state index in [1.54, 1.807) is 13.3 Å². The molecule has 3 rings (SSSR count). The molecule has 2 aromatic rings.